The Balaban J connectivity index is 0.00000529. The van der Waals surface area contributed by atoms with E-state index in [2.05, 4.69) is 15.4 Å². The van der Waals surface area contributed by atoms with E-state index in [9.17, 15) is 14.4 Å². The SMILES string of the molecule is COC(=O)CNC(=O)Cc1ccc(NC(=O)C(C)C(C)N)cc1.Cl. The molecule has 0 fully saturated rings. The van der Waals surface area contributed by atoms with Crippen molar-refractivity contribution < 1.29 is 19.1 Å². The van der Waals surface area contributed by atoms with Crippen molar-refractivity contribution in [3.05, 3.63) is 29.8 Å². The lowest BCUT2D eigenvalue weighted by molar-refractivity contribution is -0.141. The fourth-order valence-corrected chi connectivity index (χ4v) is 1.69. The number of amides is 2. The number of hydrogen-bond donors (Lipinski definition) is 3. The van der Waals surface area contributed by atoms with Gasteiger partial charge in [-0.15, -0.1) is 12.4 Å². The average Bonchev–Trinajstić information content (AvgIpc) is 2.53. The fraction of sp³-hybridized carbons (Fsp3) is 0.438. The predicted octanol–water partition coefficient (Wildman–Crippen LogP) is 0.862. The van der Waals surface area contributed by atoms with Gasteiger partial charge in [0, 0.05) is 11.7 Å². The number of carbonyl (C=O) groups is 3. The molecule has 134 valence electrons. The highest BCUT2D eigenvalue weighted by Crippen LogP contribution is 2.12. The molecule has 0 aliphatic heterocycles. The normalized spacial score (nSPS) is 12.3. The summed E-state index contributed by atoms with van der Waals surface area (Å²) in [4.78, 5) is 34.5. The summed E-state index contributed by atoms with van der Waals surface area (Å²) in [5, 5.41) is 5.23. The van der Waals surface area contributed by atoms with E-state index in [1.807, 2.05) is 0 Å². The van der Waals surface area contributed by atoms with E-state index >= 15 is 0 Å². The Kier molecular flexibility index (Phi) is 9.68. The Morgan fingerprint density at radius 3 is 2.25 bits per heavy atom. The summed E-state index contributed by atoms with van der Waals surface area (Å²) in [5.74, 6) is -1.22. The summed E-state index contributed by atoms with van der Waals surface area (Å²) in [6.07, 6.45) is 0.140. The van der Waals surface area contributed by atoms with E-state index in [1.54, 1.807) is 38.1 Å². The van der Waals surface area contributed by atoms with Gasteiger partial charge in [-0.25, -0.2) is 0 Å². The maximum atomic E-state index is 11.9. The summed E-state index contributed by atoms with van der Waals surface area (Å²) < 4.78 is 4.44. The molecule has 2 unspecified atom stereocenters. The first kappa shape index (κ1) is 21.9. The fourth-order valence-electron chi connectivity index (χ4n) is 1.69. The van der Waals surface area contributed by atoms with E-state index in [4.69, 9.17) is 5.73 Å². The second-order valence-electron chi connectivity index (χ2n) is 5.36. The smallest absolute Gasteiger partial charge is 0.325 e. The number of rotatable bonds is 7. The molecule has 24 heavy (non-hydrogen) atoms. The van der Waals surface area contributed by atoms with Crippen LogP contribution in [0.25, 0.3) is 0 Å². The van der Waals surface area contributed by atoms with Gasteiger partial charge in [-0.1, -0.05) is 19.1 Å². The molecule has 8 heteroatoms. The molecule has 0 spiro atoms. The monoisotopic (exact) mass is 357 g/mol. The van der Waals surface area contributed by atoms with Crippen molar-refractivity contribution in [1.29, 1.82) is 0 Å². The molecule has 7 nitrogen and oxygen atoms in total. The number of esters is 1. The van der Waals surface area contributed by atoms with Crippen molar-refractivity contribution in [2.24, 2.45) is 11.7 Å². The van der Waals surface area contributed by atoms with Crippen LogP contribution in [0.5, 0.6) is 0 Å². The highest BCUT2D eigenvalue weighted by atomic mass is 35.5. The van der Waals surface area contributed by atoms with E-state index in [1.165, 1.54) is 7.11 Å². The standard InChI is InChI=1S/C16H23N3O4.ClH/c1-10(11(2)17)16(22)19-13-6-4-12(5-7-13)8-14(20)18-9-15(21)23-3;/h4-7,10-11H,8-9,17H2,1-3H3,(H,18,20)(H,19,22);1H. The zero-order valence-corrected chi connectivity index (χ0v) is 14.8. The molecule has 4 N–H and O–H groups in total. The van der Waals surface area contributed by atoms with E-state index < -0.39 is 5.97 Å². The maximum absolute atomic E-state index is 11.9. The zero-order valence-electron chi connectivity index (χ0n) is 14.0. The molecule has 2 atom stereocenters. The average molecular weight is 358 g/mol. The lowest BCUT2D eigenvalue weighted by atomic mass is 10.0. The van der Waals surface area contributed by atoms with Gasteiger partial charge in [0.1, 0.15) is 6.54 Å². The van der Waals surface area contributed by atoms with Gasteiger partial charge >= 0.3 is 5.97 Å². The summed E-state index contributed by atoms with van der Waals surface area (Å²) in [6.45, 7) is 3.39. The van der Waals surface area contributed by atoms with Gasteiger partial charge in [0.05, 0.1) is 19.4 Å². The molecule has 1 rings (SSSR count). The van der Waals surface area contributed by atoms with Crippen molar-refractivity contribution in [3.63, 3.8) is 0 Å². The maximum Gasteiger partial charge on any atom is 0.325 e. The third kappa shape index (κ3) is 7.43. The van der Waals surface area contributed by atoms with Crippen LogP contribution in [0, 0.1) is 5.92 Å². The number of methoxy groups -OCH3 is 1. The highest BCUT2D eigenvalue weighted by Gasteiger charge is 2.17. The molecule has 1 aromatic rings. The van der Waals surface area contributed by atoms with Gasteiger partial charge in [-0.05, 0) is 24.6 Å². The Hall–Kier alpha value is -2.12. The third-order valence-electron chi connectivity index (χ3n) is 3.45. The second-order valence-corrected chi connectivity index (χ2v) is 5.36. The van der Waals surface area contributed by atoms with Crippen molar-refractivity contribution in [2.75, 3.05) is 19.0 Å². The first-order chi connectivity index (χ1) is 10.8. The number of nitrogens with one attached hydrogen (secondary N) is 2. The van der Waals surface area contributed by atoms with Crippen molar-refractivity contribution in [2.45, 2.75) is 26.3 Å². The number of nitrogens with two attached hydrogens (primary N) is 1. The molecule has 2 amide bonds. The second kappa shape index (κ2) is 10.6. The molecule has 0 saturated heterocycles. The van der Waals surface area contributed by atoms with E-state index in [0.29, 0.717) is 5.69 Å². The van der Waals surface area contributed by atoms with Gasteiger partial charge in [0.25, 0.3) is 0 Å². The molecule has 0 aliphatic carbocycles. The molecule has 0 bridgehead atoms. The molecule has 0 saturated carbocycles. The van der Waals surface area contributed by atoms with Crippen molar-refractivity contribution in [1.82, 2.24) is 5.32 Å². The van der Waals surface area contributed by atoms with Crippen molar-refractivity contribution in [3.8, 4) is 0 Å². The van der Waals surface area contributed by atoms with Crippen LogP contribution >= 0.6 is 12.4 Å². The first-order valence-corrected chi connectivity index (χ1v) is 7.32. The van der Waals surface area contributed by atoms with Crippen LogP contribution in [0.2, 0.25) is 0 Å². The minimum absolute atomic E-state index is 0. The number of carbonyl (C=O) groups excluding carboxylic acids is 3. The third-order valence-corrected chi connectivity index (χ3v) is 3.45. The van der Waals surface area contributed by atoms with Crippen LogP contribution in [0.15, 0.2) is 24.3 Å². The lowest BCUT2D eigenvalue weighted by Crippen LogP contribution is -2.34. The Morgan fingerprint density at radius 1 is 1.17 bits per heavy atom. The molecule has 0 radical (unpaired) electrons. The van der Waals surface area contributed by atoms with Gasteiger partial charge in [0.2, 0.25) is 11.8 Å². The van der Waals surface area contributed by atoms with Gasteiger partial charge in [-0.2, -0.15) is 0 Å². The molecular weight excluding hydrogens is 334 g/mol. The quantitative estimate of drug-likeness (QED) is 0.627. The number of ether oxygens (including phenoxy) is 1. The lowest BCUT2D eigenvalue weighted by Gasteiger charge is -2.15. The van der Waals surface area contributed by atoms with Crippen LogP contribution in [-0.2, 0) is 25.5 Å². The van der Waals surface area contributed by atoms with Gasteiger partial charge in [-0.3, -0.25) is 14.4 Å². The first-order valence-electron chi connectivity index (χ1n) is 7.32. The number of anilines is 1. The highest BCUT2D eigenvalue weighted by molar-refractivity contribution is 5.92. The number of hydrogen-bond acceptors (Lipinski definition) is 5. The van der Waals surface area contributed by atoms with Gasteiger partial charge < -0.3 is 21.1 Å². The van der Waals surface area contributed by atoms with Crippen LogP contribution < -0.4 is 16.4 Å². The topological polar surface area (TPSA) is 111 Å². The number of halogens is 1. The summed E-state index contributed by atoms with van der Waals surface area (Å²) >= 11 is 0. The molecule has 1 aromatic carbocycles. The van der Waals surface area contributed by atoms with Crippen LogP contribution in [0.1, 0.15) is 19.4 Å². The summed E-state index contributed by atoms with van der Waals surface area (Å²) in [7, 11) is 1.26. The minimum Gasteiger partial charge on any atom is -0.468 e. The zero-order chi connectivity index (χ0) is 17.4. The summed E-state index contributed by atoms with van der Waals surface area (Å²) in [6, 6.07) is 6.68. The largest absolute Gasteiger partial charge is 0.468 e. The van der Waals surface area contributed by atoms with E-state index in [-0.39, 0.29) is 49.1 Å². The van der Waals surface area contributed by atoms with Crippen LogP contribution in [0.4, 0.5) is 5.69 Å². The van der Waals surface area contributed by atoms with Crippen LogP contribution in [0.3, 0.4) is 0 Å². The molecule has 0 heterocycles. The van der Waals surface area contributed by atoms with Crippen molar-refractivity contribution >= 4 is 35.9 Å². The molecule has 0 aromatic heterocycles. The Labute approximate surface area is 147 Å². The molecular formula is C16H24ClN3O4. The van der Waals surface area contributed by atoms with Crippen LogP contribution in [-0.4, -0.2) is 37.5 Å². The minimum atomic E-state index is -0.500. The van der Waals surface area contributed by atoms with E-state index in [0.717, 1.165) is 5.56 Å². The summed E-state index contributed by atoms with van der Waals surface area (Å²) in [5.41, 5.74) is 7.10. The Morgan fingerprint density at radius 2 is 1.75 bits per heavy atom. The number of benzene rings is 1. The Bertz CT molecular complexity index is 561. The predicted molar refractivity (Wildman–Crippen MR) is 93.9 cm³/mol. The molecule has 0 aliphatic rings. The van der Waals surface area contributed by atoms with Gasteiger partial charge in [0.15, 0.2) is 0 Å².